The van der Waals surface area contributed by atoms with Gasteiger partial charge in [-0.05, 0) is 47.4 Å². The molecule has 2 aromatic carbocycles. The van der Waals surface area contributed by atoms with E-state index in [-0.39, 0.29) is 6.04 Å². The highest BCUT2D eigenvalue weighted by molar-refractivity contribution is 5.83. The van der Waals surface area contributed by atoms with Crippen molar-refractivity contribution in [1.29, 1.82) is 0 Å². The predicted octanol–water partition coefficient (Wildman–Crippen LogP) is 3.37. The summed E-state index contributed by atoms with van der Waals surface area (Å²) in [5.41, 5.74) is 5.24. The van der Waals surface area contributed by atoms with E-state index in [4.69, 9.17) is 5.84 Å². The van der Waals surface area contributed by atoms with Gasteiger partial charge in [0.05, 0.1) is 0 Å². The van der Waals surface area contributed by atoms with Crippen LogP contribution >= 0.6 is 0 Å². The van der Waals surface area contributed by atoms with E-state index in [0.717, 1.165) is 18.5 Å². The van der Waals surface area contributed by atoms with Crippen LogP contribution in [0.5, 0.6) is 0 Å². The fraction of sp³-hybridized carbons (Fsp3) is 0.167. The monoisotopic (exact) mass is 277 g/mol. The Bertz CT molecular complexity index is 710. The third-order valence-corrected chi connectivity index (χ3v) is 3.79. The number of nitrogens with one attached hydrogen (secondary N) is 1. The molecule has 3 rings (SSSR count). The Morgan fingerprint density at radius 2 is 1.76 bits per heavy atom. The number of aryl methyl sites for hydroxylation is 1. The summed E-state index contributed by atoms with van der Waals surface area (Å²) < 4.78 is 0. The van der Waals surface area contributed by atoms with Gasteiger partial charge in [0.2, 0.25) is 0 Å². The molecular weight excluding hydrogens is 258 g/mol. The van der Waals surface area contributed by atoms with Gasteiger partial charge in [-0.3, -0.25) is 16.3 Å². The summed E-state index contributed by atoms with van der Waals surface area (Å²) in [6, 6.07) is 21.0. The highest BCUT2D eigenvalue weighted by Gasteiger charge is 2.10. The number of pyridine rings is 1. The number of nitrogens with two attached hydrogens (primary N) is 1. The minimum atomic E-state index is 0.136. The normalized spacial score (nSPS) is 12.4. The first-order chi connectivity index (χ1) is 10.4. The first-order valence-electron chi connectivity index (χ1n) is 7.21. The van der Waals surface area contributed by atoms with Crippen molar-refractivity contribution in [2.24, 2.45) is 5.84 Å². The summed E-state index contributed by atoms with van der Waals surface area (Å²) in [4.78, 5) is 4.36. The Morgan fingerprint density at radius 1 is 0.952 bits per heavy atom. The van der Waals surface area contributed by atoms with Crippen LogP contribution in [0, 0.1) is 0 Å². The van der Waals surface area contributed by atoms with Crippen LogP contribution in [0.3, 0.4) is 0 Å². The van der Waals surface area contributed by atoms with Gasteiger partial charge in [0.15, 0.2) is 0 Å². The summed E-state index contributed by atoms with van der Waals surface area (Å²) in [7, 11) is 0. The second kappa shape index (κ2) is 6.48. The highest BCUT2D eigenvalue weighted by atomic mass is 15.2. The molecule has 0 amide bonds. The third kappa shape index (κ3) is 3.27. The zero-order valence-corrected chi connectivity index (χ0v) is 11.9. The van der Waals surface area contributed by atoms with E-state index < -0.39 is 0 Å². The van der Waals surface area contributed by atoms with E-state index in [2.05, 4.69) is 52.9 Å². The van der Waals surface area contributed by atoms with Gasteiger partial charge in [0.1, 0.15) is 0 Å². The Hall–Kier alpha value is -2.23. The largest absolute Gasteiger partial charge is 0.271 e. The standard InChI is InChI=1S/C18H19N3/c19-21-18(11-10-17-7-3-4-12-20-17)16-9-8-14-5-1-2-6-15(14)13-16/h1-9,12-13,18,21H,10-11,19H2. The number of fused-ring (bicyclic) bond motifs is 1. The van der Waals surface area contributed by atoms with E-state index in [1.807, 2.05) is 24.4 Å². The summed E-state index contributed by atoms with van der Waals surface area (Å²) >= 11 is 0. The quantitative estimate of drug-likeness (QED) is 0.555. The van der Waals surface area contributed by atoms with E-state index in [0.29, 0.717) is 0 Å². The van der Waals surface area contributed by atoms with Gasteiger partial charge in [0, 0.05) is 17.9 Å². The second-order valence-corrected chi connectivity index (χ2v) is 5.19. The van der Waals surface area contributed by atoms with E-state index in [1.54, 1.807) is 0 Å². The molecule has 1 aromatic heterocycles. The second-order valence-electron chi connectivity index (χ2n) is 5.19. The zero-order chi connectivity index (χ0) is 14.5. The van der Waals surface area contributed by atoms with Crippen molar-refractivity contribution in [1.82, 2.24) is 10.4 Å². The fourth-order valence-corrected chi connectivity index (χ4v) is 2.61. The van der Waals surface area contributed by atoms with E-state index in [1.165, 1.54) is 16.3 Å². The number of hydrazine groups is 1. The van der Waals surface area contributed by atoms with Crippen molar-refractivity contribution >= 4 is 10.8 Å². The van der Waals surface area contributed by atoms with Crippen LogP contribution in [0.1, 0.15) is 23.7 Å². The lowest BCUT2D eigenvalue weighted by molar-refractivity contribution is 0.514. The topological polar surface area (TPSA) is 50.9 Å². The molecule has 0 radical (unpaired) electrons. The number of benzene rings is 2. The molecule has 3 heteroatoms. The molecule has 0 fully saturated rings. The van der Waals surface area contributed by atoms with Crippen LogP contribution in [0.2, 0.25) is 0 Å². The van der Waals surface area contributed by atoms with Crippen LogP contribution < -0.4 is 11.3 Å². The molecular formula is C18H19N3. The maximum atomic E-state index is 5.74. The molecule has 3 aromatic rings. The van der Waals surface area contributed by atoms with Gasteiger partial charge < -0.3 is 0 Å². The average Bonchev–Trinajstić information content (AvgIpc) is 2.56. The molecule has 0 aliphatic rings. The number of aromatic nitrogens is 1. The Balaban J connectivity index is 1.78. The van der Waals surface area contributed by atoms with E-state index in [9.17, 15) is 0 Å². The van der Waals surface area contributed by atoms with Crippen LogP contribution in [-0.2, 0) is 6.42 Å². The smallest absolute Gasteiger partial charge is 0.0463 e. The van der Waals surface area contributed by atoms with Gasteiger partial charge in [-0.15, -0.1) is 0 Å². The van der Waals surface area contributed by atoms with Crippen molar-refractivity contribution in [3.8, 4) is 0 Å². The number of nitrogens with zero attached hydrogens (tertiary/aromatic N) is 1. The molecule has 0 spiro atoms. The van der Waals surface area contributed by atoms with Crippen molar-refractivity contribution in [2.45, 2.75) is 18.9 Å². The zero-order valence-electron chi connectivity index (χ0n) is 11.9. The predicted molar refractivity (Wildman–Crippen MR) is 86.6 cm³/mol. The maximum Gasteiger partial charge on any atom is 0.0463 e. The Labute approximate surface area is 124 Å². The first-order valence-corrected chi connectivity index (χ1v) is 7.21. The van der Waals surface area contributed by atoms with Crippen molar-refractivity contribution in [3.63, 3.8) is 0 Å². The minimum Gasteiger partial charge on any atom is -0.271 e. The van der Waals surface area contributed by atoms with Crippen LogP contribution in [0.15, 0.2) is 66.9 Å². The van der Waals surface area contributed by atoms with Gasteiger partial charge in [0.25, 0.3) is 0 Å². The number of hydrogen-bond donors (Lipinski definition) is 2. The molecule has 0 saturated heterocycles. The first kappa shape index (κ1) is 13.7. The van der Waals surface area contributed by atoms with E-state index >= 15 is 0 Å². The summed E-state index contributed by atoms with van der Waals surface area (Å²) in [6.07, 6.45) is 3.66. The lowest BCUT2D eigenvalue weighted by Crippen LogP contribution is -2.28. The molecule has 0 saturated carbocycles. The maximum absolute atomic E-state index is 5.74. The summed E-state index contributed by atoms with van der Waals surface area (Å²) in [6.45, 7) is 0. The molecule has 1 unspecified atom stereocenters. The molecule has 0 bridgehead atoms. The molecule has 0 aliphatic heterocycles. The van der Waals surface area contributed by atoms with Gasteiger partial charge in [-0.1, -0.05) is 42.5 Å². The Kier molecular flexibility index (Phi) is 4.24. The molecule has 1 heterocycles. The van der Waals surface area contributed by atoms with Gasteiger partial charge in [-0.2, -0.15) is 0 Å². The van der Waals surface area contributed by atoms with Crippen molar-refractivity contribution < 1.29 is 0 Å². The molecule has 1 atom stereocenters. The molecule has 0 aliphatic carbocycles. The molecule has 3 N–H and O–H groups in total. The molecule has 106 valence electrons. The van der Waals surface area contributed by atoms with Crippen LogP contribution in [-0.4, -0.2) is 4.98 Å². The van der Waals surface area contributed by atoms with Crippen LogP contribution in [0.4, 0.5) is 0 Å². The lowest BCUT2D eigenvalue weighted by atomic mass is 9.98. The summed E-state index contributed by atoms with van der Waals surface area (Å²) in [5, 5.41) is 2.50. The minimum absolute atomic E-state index is 0.136. The average molecular weight is 277 g/mol. The SMILES string of the molecule is NNC(CCc1ccccn1)c1ccc2ccccc2c1. The van der Waals surface area contributed by atoms with Crippen molar-refractivity contribution in [3.05, 3.63) is 78.1 Å². The molecule has 3 nitrogen and oxygen atoms in total. The Morgan fingerprint density at radius 3 is 2.52 bits per heavy atom. The third-order valence-electron chi connectivity index (χ3n) is 3.79. The summed E-state index contributed by atoms with van der Waals surface area (Å²) in [5.74, 6) is 5.74. The van der Waals surface area contributed by atoms with Gasteiger partial charge >= 0.3 is 0 Å². The molecule has 21 heavy (non-hydrogen) atoms. The fourth-order valence-electron chi connectivity index (χ4n) is 2.61. The number of hydrogen-bond acceptors (Lipinski definition) is 3. The highest BCUT2D eigenvalue weighted by Crippen LogP contribution is 2.23. The van der Waals surface area contributed by atoms with Crippen molar-refractivity contribution in [2.75, 3.05) is 0 Å². The lowest BCUT2D eigenvalue weighted by Gasteiger charge is -2.16. The van der Waals surface area contributed by atoms with Crippen LogP contribution in [0.25, 0.3) is 10.8 Å². The van der Waals surface area contributed by atoms with Gasteiger partial charge in [-0.25, -0.2) is 0 Å². The number of rotatable bonds is 5.